The average Bonchev–Trinajstić information content (AvgIpc) is 2.46. The van der Waals surface area contributed by atoms with Gasteiger partial charge in [-0.25, -0.2) is 0 Å². The van der Waals surface area contributed by atoms with Crippen molar-refractivity contribution < 1.29 is 4.79 Å². The highest BCUT2D eigenvalue weighted by atomic mass is 32.1. The fourth-order valence-electron chi connectivity index (χ4n) is 2.76. The first-order valence-corrected chi connectivity index (χ1v) is 7.34. The molecule has 0 heterocycles. The third-order valence-electron chi connectivity index (χ3n) is 3.88. The largest absolute Gasteiger partial charge is 0.299 e. The maximum atomic E-state index is 12.1. The molecular formula is C16H20OS. The van der Waals surface area contributed by atoms with Crippen LogP contribution in [0.1, 0.15) is 49.7 Å². The Hall–Kier alpha value is -1.02. The van der Waals surface area contributed by atoms with E-state index in [9.17, 15) is 4.79 Å². The lowest BCUT2D eigenvalue weighted by Gasteiger charge is -2.20. The van der Waals surface area contributed by atoms with E-state index in [1.165, 1.54) is 24.8 Å². The summed E-state index contributed by atoms with van der Waals surface area (Å²) in [6, 6.07) is 8.10. The molecule has 1 aliphatic carbocycles. The summed E-state index contributed by atoms with van der Waals surface area (Å²) < 4.78 is 0. The minimum absolute atomic E-state index is 0.332. The highest BCUT2D eigenvalue weighted by Gasteiger charge is 2.20. The molecule has 0 amide bonds. The number of benzene rings is 1. The first-order chi connectivity index (χ1) is 8.81. The van der Waals surface area contributed by atoms with Crippen LogP contribution in [0.2, 0.25) is 0 Å². The van der Waals surface area contributed by atoms with Gasteiger partial charge in [0.15, 0.2) is 0 Å². The minimum atomic E-state index is 0.332. The Morgan fingerprint density at radius 2 is 1.94 bits per heavy atom. The van der Waals surface area contributed by atoms with Crippen LogP contribution in [0, 0.1) is 5.92 Å². The summed E-state index contributed by atoms with van der Waals surface area (Å²) in [5, 5.41) is 1.71. The van der Waals surface area contributed by atoms with Gasteiger partial charge in [0, 0.05) is 17.7 Å². The van der Waals surface area contributed by atoms with Crippen LogP contribution in [-0.4, -0.2) is 11.2 Å². The van der Waals surface area contributed by atoms with E-state index >= 15 is 0 Å². The first kappa shape index (κ1) is 13.4. The van der Waals surface area contributed by atoms with Gasteiger partial charge in [-0.05, 0) is 30.4 Å². The van der Waals surface area contributed by atoms with Crippen molar-refractivity contribution in [2.75, 3.05) is 0 Å². The minimum Gasteiger partial charge on any atom is -0.299 e. The predicted octanol–water partition coefficient (Wildman–Crippen LogP) is 4.12. The van der Waals surface area contributed by atoms with Gasteiger partial charge in [0.05, 0.1) is 0 Å². The maximum Gasteiger partial charge on any atom is 0.136 e. The van der Waals surface area contributed by atoms with Crippen LogP contribution in [-0.2, 0) is 11.2 Å². The Bertz CT molecular complexity index is 419. The number of Topliss-reactive ketones (excluding diaryl/α,β-unsaturated/α-hetero) is 1. The van der Waals surface area contributed by atoms with E-state index in [0.717, 1.165) is 24.8 Å². The molecule has 18 heavy (non-hydrogen) atoms. The Balaban J connectivity index is 1.90. The van der Waals surface area contributed by atoms with Crippen LogP contribution in [0.5, 0.6) is 0 Å². The van der Waals surface area contributed by atoms with Crippen LogP contribution in [0.3, 0.4) is 0 Å². The predicted molar refractivity (Wildman–Crippen MR) is 79.1 cm³/mol. The third-order valence-corrected chi connectivity index (χ3v) is 4.14. The standard InChI is InChI=1S/C16H20OS/c17-16(14-7-2-1-3-8-14)11-10-13-6-4-5-9-15(13)12-18/h4-6,9,12,14H,1-3,7-8,10-11H2. The molecule has 96 valence electrons. The number of aryl methyl sites for hydroxylation is 1. The van der Waals surface area contributed by atoms with E-state index in [1.54, 1.807) is 5.37 Å². The maximum absolute atomic E-state index is 12.1. The molecule has 0 bridgehead atoms. The Kier molecular flexibility index (Phi) is 5.06. The lowest BCUT2D eigenvalue weighted by Crippen LogP contribution is -2.18. The van der Waals surface area contributed by atoms with Crippen molar-refractivity contribution in [2.24, 2.45) is 5.92 Å². The second kappa shape index (κ2) is 6.79. The van der Waals surface area contributed by atoms with E-state index in [0.29, 0.717) is 18.1 Å². The number of rotatable bonds is 5. The quantitative estimate of drug-likeness (QED) is 0.741. The Morgan fingerprint density at radius 3 is 2.67 bits per heavy atom. The van der Waals surface area contributed by atoms with Gasteiger partial charge in [-0.2, -0.15) is 0 Å². The highest BCUT2D eigenvalue weighted by Crippen LogP contribution is 2.25. The van der Waals surface area contributed by atoms with Crippen LogP contribution in [0.25, 0.3) is 0 Å². The topological polar surface area (TPSA) is 17.1 Å². The van der Waals surface area contributed by atoms with E-state index in [1.807, 2.05) is 18.2 Å². The number of carbonyl (C=O) groups is 1. The van der Waals surface area contributed by atoms with Crippen molar-refractivity contribution in [1.82, 2.24) is 0 Å². The molecule has 1 aliphatic rings. The highest BCUT2D eigenvalue weighted by molar-refractivity contribution is 7.79. The average molecular weight is 260 g/mol. The zero-order valence-corrected chi connectivity index (χ0v) is 11.5. The van der Waals surface area contributed by atoms with E-state index in [2.05, 4.69) is 6.07 Å². The second-order valence-electron chi connectivity index (χ2n) is 5.12. The molecule has 0 spiro atoms. The molecule has 1 nitrogen and oxygen atoms in total. The molecule has 0 atom stereocenters. The van der Waals surface area contributed by atoms with Gasteiger partial charge in [-0.3, -0.25) is 4.79 Å². The molecule has 1 aromatic rings. The number of hydrogen-bond donors (Lipinski definition) is 0. The van der Waals surface area contributed by atoms with Gasteiger partial charge < -0.3 is 0 Å². The molecule has 2 heteroatoms. The lowest BCUT2D eigenvalue weighted by molar-refractivity contribution is -0.123. The SMILES string of the molecule is O=C(CCc1ccccc1C=S)C1CCCCC1. The summed E-state index contributed by atoms with van der Waals surface area (Å²) in [4.78, 5) is 12.1. The summed E-state index contributed by atoms with van der Waals surface area (Å²) in [5.41, 5.74) is 2.29. The summed E-state index contributed by atoms with van der Waals surface area (Å²) >= 11 is 5.00. The van der Waals surface area contributed by atoms with Gasteiger partial charge in [0.1, 0.15) is 5.78 Å². The van der Waals surface area contributed by atoms with Gasteiger partial charge in [0.2, 0.25) is 0 Å². The van der Waals surface area contributed by atoms with Crippen molar-refractivity contribution in [3.63, 3.8) is 0 Å². The fourth-order valence-corrected chi connectivity index (χ4v) is 2.99. The molecule has 0 aliphatic heterocycles. The molecular weight excluding hydrogens is 240 g/mol. The molecule has 1 fully saturated rings. The van der Waals surface area contributed by atoms with Crippen LogP contribution in [0.15, 0.2) is 24.3 Å². The molecule has 1 saturated carbocycles. The number of thiocarbonyl (C=S) groups is 1. The van der Waals surface area contributed by atoms with Gasteiger partial charge >= 0.3 is 0 Å². The van der Waals surface area contributed by atoms with E-state index in [4.69, 9.17) is 12.2 Å². The van der Waals surface area contributed by atoms with Gasteiger partial charge in [-0.15, -0.1) is 0 Å². The number of carbonyl (C=O) groups excluding carboxylic acids is 1. The number of ketones is 1. The summed E-state index contributed by atoms with van der Waals surface area (Å²) in [6.45, 7) is 0. The van der Waals surface area contributed by atoms with Crippen molar-refractivity contribution in [3.8, 4) is 0 Å². The fraction of sp³-hybridized carbons (Fsp3) is 0.500. The van der Waals surface area contributed by atoms with Gasteiger partial charge in [0.25, 0.3) is 0 Å². The summed E-state index contributed by atoms with van der Waals surface area (Å²) in [6.07, 6.45) is 7.47. The molecule has 0 aromatic heterocycles. The molecule has 0 radical (unpaired) electrons. The third kappa shape index (κ3) is 3.49. The number of hydrogen-bond acceptors (Lipinski definition) is 2. The zero-order valence-electron chi connectivity index (χ0n) is 10.7. The molecule has 0 unspecified atom stereocenters. The Labute approximate surface area is 115 Å². The molecule has 0 saturated heterocycles. The normalized spacial score (nSPS) is 16.4. The first-order valence-electron chi connectivity index (χ1n) is 6.87. The second-order valence-corrected chi connectivity index (χ2v) is 5.35. The summed E-state index contributed by atoms with van der Waals surface area (Å²) in [7, 11) is 0. The van der Waals surface area contributed by atoms with E-state index < -0.39 is 0 Å². The Morgan fingerprint density at radius 1 is 1.22 bits per heavy atom. The molecule has 2 rings (SSSR count). The smallest absolute Gasteiger partial charge is 0.136 e. The van der Waals surface area contributed by atoms with Crippen LogP contribution >= 0.6 is 12.2 Å². The zero-order chi connectivity index (χ0) is 12.8. The van der Waals surface area contributed by atoms with Gasteiger partial charge in [-0.1, -0.05) is 55.7 Å². The van der Waals surface area contributed by atoms with Crippen molar-refractivity contribution in [1.29, 1.82) is 0 Å². The summed E-state index contributed by atoms with van der Waals surface area (Å²) in [5.74, 6) is 0.785. The van der Waals surface area contributed by atoms with Crippen LogP contribution in [0.4, 0.5) is 0 Å². The monoisotopic (exact) mass is 260 g/mol. The lowest BCUT2D eigenvalue weighted by atomic mass is 9.84. The van der Waals surface area contributed by atoms with Crippen molar-refractivity contribution in [3.05, 3.63) is 35.4 Å². The molecule has 1 aromatic carbocycles. The van der Waals surface area contributed by atoms with E-state index in [-0.39, 0.29) is 0 Å². The van der Waals surface area contributed by atoms with Crippen LogP contribution < -0.4 is 0 Å². The van der Waals surface area contributed by atoms with Crippen molar-refractivity contribution >= 4 is 23.4 Å². The molecule has 0 N–H and O–H groups in total. The van der Waals surface area contributed by atoms with Crippen molar-refractivity contribution in [2.45, 2.75) is 44.9 Å².